The summed E-state index contributed by atoms with van der Waals surface area (Å²) in [6.07, 6.45) is 3.76. The Balaban J connectivity index is 1.51. The third-order valence-corrected chi connectivity index (χ3v) is 5.69. The van der Waals surface area contributed by atoms with Gasteiger partial charge in [0.05, 0.1) is 18.5 Å². The van der Waals surface area contributed by atoms with E-state index in [2.05, 4.69) is 10.3 Å². The molecule has 1 amide bonds. The summed E-state index contributed by atoms with van der Waals surface area (Å²) in [5.41, 5.74) is 1.53. The predicted molar refractivity (Wildman–Crippen MR) is 101 cm³/mol. The summed E-state index contributed by atoms with van der Waals surface area (Å²) in [5.74, 6) is 0.671. The fraction of sp³-hybridized carbons (Fsp3) is 0.111. The smallest absolute Gasteiger partial charge is 0.271 e. The van der Waals surface area contributed by atoms with E-state index in [9.17, 15) is 4.79 Å². The Morgan fingerprint density at radius 3 is 2.76 bits per heavy atom. The number of carbonyl (C=O) groups is 1. The number of imidazole rings is 1. The number of thiazole rings is 1. The Morgan fingerprint density at radius 1 is 1.24 bits per heavy atom. The molecule has 1 aromatic carbocycles. The van der Waals surface area contributed by atoms with Crippen LogP contribution in [0.15, 0.2) is 54.2 Å². The lowest BCUT2D eigenvalue weighted by atomic mass is 10.2. The van der Waals surface area contributed by atoms with E-state index in [1.165, 1.54) is 0 Å². The summed E-state index contributed by atoms with van der Waals surface area (Å²) in [7, 11) is 1.65. The SMILES string of the molecule is COc1ccc(-c2cn3cc(C(=O)NCc4cccs4)nc3s2)cc1. The van der Waals surface area contributed by atoms with Gasteiger partial charge in [0, 0.05) is 17.3 Å². The summed E-state index contributed by atoms with van der Waals surface area (Å²) in [6.45, 7) is 0.527. The number of carbonyl (C=O) groups excluding carboxylic acids is 1. The topological polar surface area (TPSA) is 55.6 Å². The lowest BCUT2D eigenvalue weighted by molar-refractivity contribution is 0.0947. The van der Waals surface area contributed by atoms with Crippen molar-refractivity contribution in [2.24, 2.45) is 0 Å². The van der Waals surface area contributed by atoms with Crippen LogP contribution in [0.4, 0.5) is 0 Å². The lowest BCUT2D eigenvalue weighted by Gasteiger charge is -2.01. The van der Waals surface area contributed by atoms with Crippen LogP contribution in [-0.2, 0) is 6.54 Å². The molecule has 0 bridgehead atoms. The van der Waals surface area contributed by atoms with E-state index in [0.29, 0.717) is 12.2 Å². The van der Waals surface area contributed by atoms with Crippen LogP contribution in [0.25, 0.3) is 15.4 Å². The number of hydrogen-bond acceptors (Lipinski definition) is 5. The number of rotatable bonds is 5. The van der Waals surface area contributed by atoms with Crippen molar-refractivity contribution in [1.29, 1.82) is 0 Å². The molecule has 0 spiro atoms. The van der Waals surface area contributed by atoms with Crippen LogP contribution in [-0.4, -0.2) is 22.4 Å². The average Bonchev–Trinajstić information content (AvgIpc) is 3.35. The number of methoxy groups -OCH3 is 1. The van der Waals surface area contributed by atoms with E-state index >= 15 is 0 Å². The van der Waals surface area contributed by atoms with Crippen LogP contribution in [0.5, 0.6) is 5.75 Å². The second-order valence-corrected chi connectivity index (χ2v) is 7.44. The van der Waals surface area contributed by atoms with Gasteiger partial charge in [-0.3, -0.25) is 9.20 Å². The quantitative estimate of drug-likeness (QED) is 0.577. The first-order valence-corrected chi connectivity index (χ1v) is 9.36. The zero-order chi connectivity index (χ0) is 17.2. The van der Waals surface area contributed by atoms with Crippen LogP contribution in [0, 0.1) is 0 Å². The fourth-order valence-electron chi connectivity index (χ4n) is 2.46. The number of fused-ring (bicyclic) bond motifs is 1. The van der Waals surface area contributed by atoms with E-state index in [-0.39, 0.29) is 5.91 Å². The van der Waals surface area contributed by atoms with Gasteiger partial charge in [-0.25, -0.2) is 4.98 Å². The molecule has 0 saturated carbocycles. The molecule has 0 radical (unpaired) electrons. The Labute approximate surface area is 152 Å². The Hall–Kier alpha value is -2.64. The van der Waals surface area contributed by atoms with Crippen LogP contribution >= 0.6 is 22.7 Å². The van der Waals surface area contributed by atoms with Gasteiger partial charge in [0.1, 0.15) is 11.4 Å². The van der Waals surface area contributed by atoms with Gasteiger partial charge >= 0.3 is 0 Å². The van der Waals surface area contributed by atoms with Crippen molar-refractivity contribution in [2.75, 3.05) is 7.11 Å². The Morgan fingerprint density at radius 2 is 2.08 bits per heavy atom. The third-order valence-electron chi connectivity index (χ3n) is 3.77. The minimum absolute atomic E-state index is 0.157. The van der Waals surface area contributed by atoms with E-state index in [1.807, 2.05) is 52.4 Å². The standard InChI is InChI=1S/C18H15N3O2S2/c1-23-13-6-4-12(5-7-13)16-11-21-10-15(20-18(21)25-16)17(22)19-9-14-3-2-8-24-14/h2-8,10-11H,9H2,1H3,(H,19,22). The van der Waals surface area contributed by atoms with E-state index in [1.54, 1.807) is 36.0 Å². The summed E-state index contributed by atoms with van der Waals surface area (Å²) >= 11 is 3.17. The van der Waals surface area contributed by atoms with Crippen molar-refractivity contribution < 1.29 is 9.53 Å². The first-order valence-electron chi connectivity index (χ1n) is 7.66. The fourth-order valence-corrected chi connectivity index (χ4v) is 4.08. The molecule has 126 valence electrons. The van der Waals surface area contributed by atoms with Crippen molar-refractivity contribution >= 4 is 33.5 Å². The molecule has 0 aliphatic heterocycles. The zero-order valence-electron chi connectivity index (χ0n) is 13.4. The van der Waals surface area contributed by atoms with Gasteiger partial charge in [-0.2, -0.15) is 0 Å². The normalized spacial score (nSPS) is 10.9. The van der Waals surface area contributed by atoms with Crippen LogP contribution in [0.1, 0.15) is 15.4 Å². The minimum Gasteiger partial charge on any atom is -0.497 e. The highest BCUT2D eigenvalue weighted by molar-refractivity contribution is 7.20. The minimum atomic E-state index is -0.157. The molecule has 0 aliphatic rings. The number of nitrogens with zero attached hydrogens (tertiary/aromatic N) is 2. The second kappa shape index (κ2) is 6.70. The van der Waals surface area contributed by atoms with E-state index in [4.69, 9.17) is 4.74 Å². The van der Waals surface area contributed by atoms with E-state index in [0.717, 1.165) is 26.0 Å². The number of hydrogen-bond donors (Lipinski definition) is 1. The summed E-state index contributed by atoms with van der Waals surface area (Å²) in [4.78, 5) is 19.7. The molecule has 25 heavy (non-hydrogen) atoms. The first-order chi connectivity index (χ1) is 12.2. The van der Waals surface area contributed by atoms with Crippen molar-refractivity contribution in [2.45, 2.75) is 6.54 Å². The number of nitrogens with one attached hydrogen (secondary N) is 1. The molecular weight excluding hydrogens is 354 g/mol. The molecule has 0 fully saturated rings. The van der Waals surface area contributed by atoms with Crippen LogP contribution in [0.3, 0.4) is 0 Å². The maximum absolute atomic E-state index is 12.2. The highest BCUT2D eigenvalue weighted by Crippen LogP contribution is 2.29. The summed E-state index contributed by atoms with van der Waals surface area (Å²) < 4.78 is 7.08. The van der Waals surface area contributed by atoms with E-state index < -0.39 is 0 Å². The largest absolute Gasteiger partial charge is 0.497 e. The summed E-state index contributed by atoms with van der Waals surface area (Å²) in [6, 6.07) is 11.9. The maximum atomic E-state index is 12.2. The molecule has 3 aromatic heterocycles. The molecule has 1 N–H and O–H groups in total. The Bertz CT molecular complexity index is 969. The molecule has 5 nitrogen and oxygen atoms in total. The molecule has 0 atom stereocenters. The van der Waals surface area contributed by atoms with Gasteiger partial charge in [0.15, 0.2) is 4.96 Å². The van der Waals surface area contributed by atoms with Crippen LogP contribution in [0.2, 0.25) is 0 Å². The Kier molecular flexibility index (Phi) is 4.25. The highest BCUT2D eigenvalue weighted by Gasteiger charge is 2.13. The van der Waals surface area contributed by atoms with Crippen molar-refractivity contribution in [3.63, 3.8) is 0 Å². The van der Waals surface area contributed by atoms with Gasteiger partial charge in [-0.1, -0.05) is 17.4 Å². The molecule has 0 aliphatic carbocycles. The number of aromatic nitrogens is 2. The number of benzene rings is 1. The van der Waals surface area contributed by atoms with Gasteiger partial charge < -0.3 is 10.1 Å². The number of amides is 1. The molecular formula is C18H15N3O2S2. The third kappa shape index (κ3) is 3.29. The predicted octanol–water partition coefficient (Wildman–Crippen LogP) is 4.06. The lowest BCUT2D eigenvalue weighted by Crippen LogP contribution is -2.22. The molecule has 4 rings (SSSR count). The van der Waals surface area contributed by atoms with Gasteiger partial charge in [-0.15, -0.1) is 11.3 Å². The second-order valence-electron chi connectivity index (χ2n) is 5.40. The molecule has 0 unspecified atom stereocenters. The first kappa shape index (κ1) is 15.9. The van der Waals surface area contributed by atoms with Gasteiger partial charge in [0.25, 0.3) is 5.91 Å². The van der Waals surface area contributed by atoms with Crippen molar-refractivity contribution in [3.05, 3.63) is 64.7 Å². The summed E-state index contributed by atoms with van der Waals surface area (Å²) in [5, 5.41) is 4.89. The molecule has 3 heterocycles. The highest BCUT2D eigenvalue weighted by atomic mass is 32.1. The number of thiophene rings is 1. The monoisotopic (exact) mass is 369 g/mol. The zero-order valence-corrected chi connectivity index (χ0v) is 15.1. The number of ether oxygens (including phenoxy) is 1. The maximum Gasteiger partial charge on any atom is 0.271 e. The molecule has 0 saturated heterocycles. The molecule has 4 aromatic rings. The van der Waals surface area contributed by atoms with Crippen molar-refractivity contribution in [1.82, 2.24) is 14.7 Å². The van der Waals surface area contributed by atoms with Gasteiger partial charge in [-0.05, 0) is 41.3 Å². The van der Waals surface area contributed by atoms with Gasteiger partial charge in [0.2, 0.25) is 0 Å². The van der Waals surface area contributed by atoms with Crippen LogP contribution < -0.4 is 10.1 Å². The average molecular weight is 369 g/mol. The van der Waals surface area contributed by atoms with Crippen molar-refractivity contribution in [3.8, 4) is 16.2 Å². The molecule has 7 heteroatoms.